The summed E-state index contributed by atoms with van der Waals surface area (Å²) in [5.74, 6) is -2.76. The van der Waals surface area contributed by atoms with E-state index in [4.69, 9.17) is 4.42 Å². The molecule has 27 heavy (non-hydrogen) atoms. The highest BCUT2D eigenvalue weighted by Gasteiger charge is 2.25. The molecule has 1 nitrogen and oxygen atoms in total. The summed E-state index contributed by atoms with van der Waals surface area (Å²) >= 11 is 0. The lowest BCUT2D eigenvalue weighted by Crippen LogP contribution is -2.13. The molecule has 0 spiro atoms. The van der Waals surface area contributed by atoms with Crippen molar-refractivity contribution in [2.45, 2.75) is 44.9 Å². The van der Waals surface area contributed by atoms with E-state index in [1.807, 2.05) is 0 Å². The topological polar surface area (TPSA) is 13.1 Å². The maximum Gasteiger partial charge on any atom is 0.162 e. The van der Waals surface area contributed by atoms with E-state index in [0.29, 0.717) is 11.5 Å². The van der Waals surface area contributed by atoms with Gasteiger partial charge in [-0.05, 0) is 67.3 Å². The van der Waals surface area contributed by atoms with Gasteiger partial charge >= 0.3 is 0 Å². The molecule has 4 rings (SSSR count). The zero-order chi connectivity index (χ0) is 19.1. The lowest BCUT2D eigenvalue weighted by Gasteiger charge is -2.28. The number of fused-ring (bicyclic) bond motifs is 1. The maximum atomic E-state index is 14.7. The summed E-state index contributed by atoms with van der Waals surface area (Å²) in [5.41, 5.74) is 0.402. The summed E-state index contributed by atoms with van der Waals surface area (Å²) in [6.45, 7) is 2.17. The van der Waals surface area contributed by atoms with Crippen molar-refractivity contribution < 1.29 is 22.0 Å². The molecule has 0 bridgehead atoms. The third-order valence-corrected chi connectivity index (χ3v) is 5.77. The summed E-state index contributed by atoms with van der Waals surface area (Å²) in [6.07, 6.45) is 5.15. The Labute approximate surface area is 155 Å². The van der Waals surface area contributed by atoms with E-state index in [-0.39, 0.29) is 28.2 Å². The first-order valence-corrected chi connectivity index (χ1v) is 9.34. The van der Waals surface area contributed by atoms with E-state index in [2.05, 4.69) is 6.92 Å². The van der Waals surface area contributed by atoms with Crippen molar-refractivity contribution >= 4 is 11.0 Å². The Morgan fingerprint density at radius 1 is 0.815 bits per heavy atom. The van der Waals surface area contributed by atoms with Crippen LogP contribution in [0.4, 0.5) is 17.6 Å². The Hall–Kier alpha value is -2.30. The van der Waals surface area contributed by atoms with Crippen LogP contribution in [0.2, 0.25) is 0 Å². The normalized spacial score (nSPS) is 20.3. The van der Waals surface area contributed by atoms with Gasteiger partial charge in [0.1, 0.15) is 23.0 Å². The van der Waals surface area contributed by atoms with Crippen LogP contribution in [0.1, 0.15) is 50.5 Å². The monoisotopic (exact) mass is 376 g/mol. The smallest absolute Gasteiger partial charge is 0.162 e. The molecule has 0 unspecified atom stereocenters. The van der Waals surface area contributed by atoms with Gasteiger partial charge in [-0.15, -0.1) is 0 Å². The van der Waals surface area contributed by atoms with Gasteiger partial charge in [0, 0.05) is 11.5 Å². The van der Waals surface area contributed by atoms with Crippen LogP contribution in [0.25, 0.3) is 22.3 Å². The highest BCUT2D eigenvalue weighted by Crippen LogP contribution is 2.39. The van der Waals surface area contributed by atoms with Crippen LogP contribution < -0.4 is 0 Å². The average Bonchev–Trinajstić information content (AvgIpc) is 3.03. The van der Waals surface area contributed by atoms with Crippen molar-refractivity contribution in [1.82, 2.24) is 0 Å². The number of rotatable bonds is 3. The lowest BCUT2D eigenvalue weighted by molar-refractivity contribution is 0.318. The van der Waals surface area contributed by atoms with Crippen molar-refractivity contribution in [3.8, 4) is 11.3 Å². The van der Waals surface area contributed by atoms with E-state index >= 15 is 0 Å². The first-order valence-electron chi connectivity index (χ1n) is 9.34. The molecule has 0 atom stereocenters. The summed E-state index contributed by atoms with van der Waals surface area (Å²) < 4.78 is 61.6. The van der Waals surface area contributed by atoms with E-state index in [1.165, 1.54) is 18.2 Å². The van der Waals surface area contributed by atoms with Gasteiger partial charge in [0.2, 0.25) is 0 Å². The molecule has 1 aromatic heterocycles. The van der Waals surface area contributed by atoms with Crippen LogP contribution in [-0.2, 0) is 0 Å². The fourth-order valence-corrected chi connectivity index (χ4v) is 4.13. The molecule has 0 N–H and O–H groups in total. The average molecular weight is 376 g/mol. The highest BCUT2D eigenvalue weighted by atomic mass is 19.2. The first kappa shape index (κ1) is 18.1. The van der Waals surface area contributed by atoms with Gasteiger partial charge in [-0.25, -0.2) is 17.6 Å². The Balaban J connectivity index is 1.68. The molecular formula is C22H20F4O. The quantitative estimate of drug-likeness (QED) is 0.436. The van der Waals surface area contributed by atoms with Gasteiger partial charge in [0.25, 0.3) is 0 Å². The maximum absolute atomic E-state index is 14.7. The number of hydrogen-bond donors (Lipinski definition) is 0. The molecule has 3 aromatic rings. The van der Waals surface area contributed by atoms with E-state index in [0.717, 1.165) is 44.2 Å². The van der Waals surface area contributed by atoms with Crippen LogP contribution >= 0.6 is 0 Å². The highest BCUT2D eigenvalue weighted by molar-refractivity contribution is 5.83. The Morgan fingerprint density at radius 2 is 1.44 bits per heavy atom. The third-order valence-electron chi connectivity index (χ3n) is 5.77. The van der Waals surface area contributed by atoms with Gasteiger partial charge in [0.15, 0.2) is 11.6 Å². The molecule has 1 saturated carbocycles. The van der Waals surface area contributed by atoms with Crippen molar-refractivity contribution in [3.63, 3.8) is 0 Å². The van der Waals surface area contributed by atoms with Crippen LogP contribution in [0.5, 0.6) is 0 Å². The molecule has 1 heterocycles. The molecule has 142 valence electrons. The third kappa shape index (κ3) is 3.35. The molecule has 0 aliphatic heterocycles. The minimum absolute atomic E-state index is 0.0460. The number of furan rings is 1. The number of hydrogen-bond acceptors (Lipinski definition) is 1. The second kappa shape index (κ2) is 7.02. The van der Waals surface area contributed by atoms with E-state index < -0.39 is 23.3 Å². The van der Waals surface area contributed by atoms with E-state index in [9.17, 15) is 17.6 Å². The summed E-state index contributed by atoms with van der Waals surface area (Å²) in [6, 6.07) is 5.89. The molecule has 0 saturated heterocycles. The van der Waals surface area contributed by atoms with Crippen LogP contribution in [0.15, 0.2) is 34.7 Å². The second-order valence-corrected chi connectivity index (χ2v) is 7.40. The predicted octanol–water partition coefficient (Wildman–Crippen LogP) is 7.34. The molecular weight excluding hydrogens is 356 g/mol. The molecule has 1 aliphatic carbocycles. The Bertz CT molecular complexity index is 921. The van der Waals surface area contributed by atoms with Crippen molar-refractivity contribution in [3.05, 3.63) is 59.2 Å². The largest absolute Gasteiger partial charge is 0.456 e. The predicted molar refractivity (Wildman–Crippen MR) is 96.5 cm³/mol. The summed E-state index contributed by atoms with van der Waals surface area (Å²) in [5, 5.41) is 0.254. The standard InChI is InChI=1S/C22H20F4O/c1-2-12-3-5-13(6-4-12)14-7-18(25)22(19(26)8-14)21-10-15-9-16(23)17(24)11-20(15)27-21/h7-13H,2-6H2,1H3. The molecule has 0 radical (unpaired) electrons. The Kier molecular flexibility index (Phi) is 4.70. The molecule has 1 aliphatic rings. The van der Waals surface area contributed by atoms with Crippen LogP contribution in [0, 0.1) is 29.2 Å². The minimum atomic E-state index is -1.07. The summed E-state index contributed by atoms with van der Waals surface area (Å²) in [7, 11) is 0. The molecule has 5 heteroatoms. The van der Waals surface area contributed by atoms with Crippen molar-refractivity contribution in [2.24, 2.45) is 5.92 Å². The fraction of sp³-hybridized carbons (Fsp3) is 0.364. The minimum Gasteiger partial charge on any atom is -0.456 e. The fourth-order valence-electron chi connectivity index (χ4n) is 4.13. The van der Waals surface area contributed by atoms with E-state index in [1.54, 1.807) is 0 Å². The first-order chi connectivity index (χ1) is 13.0. The zero-order valence-corrected chi connectivity index (χ0v) is 15.0. The van der Waals surface area contributed by atoms with Gasteiger partial charge < -0.3 is 4.42 Å². The van der Waals surface area contributed by atoms with Crippen molar-refractivity contribution in [1.29, 1.82) is 0 Å². The van der Waals surface area contributed by atoms with Crippen molar-refractivity contribution in [2.75, 3.05) is 0 Å². The van der Waals surface area contributed by atoms with Gasteiger partial charge in [-0.3, -0.25) is 0 Å². The Morgan fingerprint density at radius 3 is 2.07 bits per heavy atom. The molecule has 1 fully saturated rings. The zero-order valence-electron chi connectivity index (χ0n) is 15.0. The second-order valence-electron chi connectivity index (χ2n) is 7.40. The van der Waals surface area contributed by atoms with Gasteiger partial charge in [0.05, 0.1) is 5.56 Å². The van der Waals surface area contributed by atoms with Gasteiger partial charge in [-0.2, -0.15) is 0 Å². The number of halogens is 4. The number of benzene rings is 2. The molecule has 0 amide bonds. The summed E-state index contributed by atoms with van der Waals surface area (Å²) in [4.78, 5) is 0. The SMILES string of the molecule is CCC1CCC(c2cc(F)c(-c3cc4cc(F)c(F)cc4o3)c(F)c2)CC1. The van der Waals surface area contributed by atoms with Gasteiger partial charge in [-0.1, -0.05) is 13.3 Å². The van der Waals surface area contributed by atoms with Crippen LogP contribution in [-0.4, -0.2) is 0 Å². The lowest BCUT2D eigenvalue weighted by atomic mass is 9.77. The molecule has 2 aromatic carbocycles. The van der Waals surface area contributed by atoms with Crippen LogP contribution in [0.3, 0.4) is 0 Å².